The van der Waals surface area contributed by atoms with Gasteiger partial charge in [-0.15, -0.1) is 0 Å². The Morgan fingerprint density at radius 3 is 2.95 bits per heavy atom. The molecule has 108 valence electrons. The second-order valence-electron chi connectivity index (χ2n) is 5.73. The van der Waals surface area contributed by atoms with Gasteiger partial charge in [-0.05, 0) is 60.4 Å². The monoisotopic (exact) mass is 356 g/mol. The van der Waals surface area contributed by atoms with E-state index in [1.165, 1.54) is 19.4 Å². The van der Waals surface area contributed by atoms with Crippen molar-refractivity contribution in [2.45, 2.75) is 31.8 Å². The summed E-state index contributed by atoms with van der Waals surface area (Å²) in [6, 6.07) is 6.22. The van der Waals surface area contributed by atoms with Crippen molar-refractivity contribution in [1.29, 1.82) is 0 Å². The Morgan fingerprint density at radius 2 is 2.20 bits per heavy atom. The molecule has 2 unspecified atom stereocenters. The van der Waals surface area contributed by atoms with Crippen LogP contribution < -0.4 is 0 Å². The molecular formula is C15H18BrClN2O. The van der Waals surface area contributed by atoms with Crippen LogP contribution in [0.5, 0.6) is 0 Å². The van der Waals surface area contributed by atoms with Crippen LogP contribution in [-0.4, -0.2) is 47.4 Å². The summed E-state index contributed by atoms with van der Waals surface area (Å²) in [5.74, 6) is 0.112. The lowest BCUT2D eigenvalue weighted by Crippen LogP contribution is -2.56. The number of benzene rings is 1. The lowest BCUT2D eigenvalue weighted by molar-refractivity contribution is 0.0395. The van der Waals surface area contributed by atoms with Gasteiger partial charge >= 0.3 is 0 Å². The summed E-state index contributed by atoms with van der Waals surface area (Å²) in [6.07, 6.45) is 2.47. The van der Waals surface area contributed by atoms with Crippen LogP contribution in [0.3, 0.4) is 0 Å². The average molecular weight is 358 g/mol. The standard InChI is InChI=1S/C15H18BrClN2O/c1-10-8-18-6-2-3-12(18)9-19(10)15(20)11-4-5-14(17)13(16)7-11/h4-5,7,10,12H,2-3,6,8-9H2,1H3. The van der Waals surface area contributed by atoms with Crippen molar-refractivity contribution in [1.82, 2.24) is 9.80 Å². The first kappa shape index (κ1) is 14.4. The van der Waals surface area contributed by atoms with Gasteiger partial charge in [-0.25, -0.2) is 0 Å². The second kappa shape index (κ2) is 5.66. The fraction of sp³-hybridized carbons (Fsp3) is 0.533. The molecule has 0 bridgehead atoms. The van der Waals surface area contributed by atoms with Crippen LogP contribution in [0.1, 0.15) is 30.1 Å². The Bertz CT molecular complexity index is 537. The number of carbonyl (C=O) groups is 1. The maximum atomic E-state index is 12.7. The number of rotatable bonds is 1. The first-order chi connectivity index (χ1) is 9.56. The SMILES string of the molecule is CC1CN2CCCC2CN1C(=O)c1ccc(Cl)c(Br)c1. The van der Waals surface area contributed by atoms with Gasteiger partial charge in [-0.2, -0.15) is 0 Å². The molecule has 0 N–H and O–H groups in total. The van der Waals surface area contributed by atoms with Crippen molar-refractivity contribution in [2.75, 3.05) is 19.6 Å². The Morgan fingerprint density at radius 1 is 1.40 bits per heavy atom. The Balaban J connectivity index is 1.80. The summed E-state index contributed by atoms with van der Waals surface area (Å²) in [6.45, 7) is 5.16. The van der Waals surface area contributed by atoms with E-state index in [1.54, 1.807) is 6.07 Å². The lowest BCUT2D eigenvalue weighted by atomic mass is 10.1. The molecular weight excluding hydrogens is 340 g/mol. The fourth-order valence-electron chi connectivity index (χ4n) is 3.27. The third-order valence-corrected chi connectivity index (χ3v) is 5.58. The summed E-state index contributed by atoms with van der Waals surface area (Å²) in [5, 5.41) is 0.634. The highest BCUT2D eigenvalue weighted by Crippen LogP contribution is 2.28. The molecule has 3 nitrogen and oxygen atoms in total. The van der Waals surface area contributed by atoms with Crippen molar-refractivity contribution in [3.05, 3.63) is 33.3 Å². The van der Waals surface area contributed by atoms with E-state index in [0.29, 0.717) is 16.6 Å². The molecule has 1 aromatic carbocycles. The van der Waals surface area contributed by atoms with E-state index in [9.17, 15) is 4.79 Å². The number of halogens is 2. The largest absolute Gasteiger partial charge is 0.333 e. The van der Waals surface area contributed by atoms with E-state index in [0.717, 1.165) is 17.6 Å². The molecule has 2 aliphatic heterocycles. The number of amides is 1. The first-order valence-corrected chi connectivity index (χ1v) is 8.23. The zero-order chi connectivity index (χ0) is 14.3. The first-order valence-electron chi connectivity index (χ1n) is 7.06. The molecule has 5 heteroatoms. The zero-order valence-electron chi connectivity index (χ0n) is 11.5. The third-order valence-electron chi connectivity index (χ3n) is 4.36. The minimum atomic E-state index is 0.112. The summed E-state index contributed by atoms with van der Waals surface area (Å²) in [4.78, 5) is 17.2. The molecule has 20 heavy (non-hydrogen) atoms. The van der Waals surface area contributed by atoms with Crippen LogP contribution in [0.15, 0.2) is 22.7 Å². The summed E-state index contributed by atoms with van der Waals surface area (Å²) >= 11 is 9.38. The Labute approximate surface area is 133 Å². The van der Waals surface area contributed by atoms with E-state index < -0.39 is 0 Å². The predicted octanol–water partition coefficient (Wildman–Crippen LogP) is 3.41. The average Bonchev–Trinajstić information content (AvgIpc) is 2.87. The van der Waals surface area contributed by atoms with Gasteiger partial charge in [0.05, 0.1) is 5.02 Å². The van der Waals surface area contributed by atoms with Crippen LogP contribution in [0.2, 0.25) is 5.02 Å². The van der Waals surface area contributed by atoms with Crippen molar-refractivity contribution < 1.29 is 4.79 Å². The molecule has 0 aliphatic carbocycles. The van der Waals surface area contributed by atoms with Gasteiger partial charge in [-0.1, -0.05) is 11.6 Å². The van der Waals surface area contributed by atoms with Gasteiger partial charge in [0.25, 0.3) is 5.91 Å². The van der Waals surface area contributed by atoms with Gasteiger partial charge < -0.3 is 4.90 Å². The molecule has 3 rings (SSSR count). The second-order valence-corrected chi connectivity index (χ2v) is 6.99. The van der Waals surface area contributed by atoms with Gasteiger partial charge in [0.15, 0.2) is 0 Å². The van der Waals surface area contributed by atoms with E-state index in [-0.39, 0.29) is 11.9 Å². The van der Waals surface area contributed by atoms with Crippen LogP contribution in [0.4, 0.5) is 0 Å². The zero-order valence-corrected chi connectivity index (χ0v) is 13.8. The highest BCUT2D eigenvalue weighted by atomic mass is 79.9. The summed E-state index contributed by atoms with van der Waals surface area (Å²) in [7, 11) is 0. The molecule has 0 saturated carbocycles. The highest BCUT2D eigenvalue weighted by Gasteiger charge is 2.36. The van der Waals surface area contributed by atoms with E-state index in [4.69, 9.17) is 11.6 Å². The van der Waals surface area contributed by atoms with Crippen molar-refractivity contribution in [3.8, 4) is 0 Å². The minimum absolute atomic E-state index is 0.112. The van der Waals surface area contributed by atoms with Crippen LogP contribution in [-0.2, 0) is 0 Å². The van der Waals surface area contributed by atoms with Gasteiger partial charge in [-0.3, -0.25) is 9.69 Å². The van der Waals surface area contributed by atoms with Crippen LogP contribution in [0.25, 0.3) is 0 Å². The highest BCUT2D eigenvalue weighted by molar-refractivity contribution is 9.10. The third kappa shape index (κ3) is 2.61. The number of hydrogen-bond donors (Lipinski definition) is 0. The van der Waals surface area contributed by atoms with Crippen molar-refractivity contribution in [3.63, 3.8) is 0 Å². The van der Waals surface area contributed by atoms with Crippen LogP contribution >= 0.6 is 27.5 Å². The molecule has 2 saturated heterocycles. The van der Waals surface area contributed by atoms with Gasteiger partial charge in [0.1, 0.15) is 0 Å². The summed E-state index contributed by atoms with van der Waals surface area (Å²) in [5.41, 5.74) is 0.708. The topological polar surface area (TPSA) is 23.6 Å². The molecule has 0 spiro atoms. The molecule has 2 heterocycles. The van der Waals surface area contributed by atoms with Gasteiger partial charge in [0, 0.05) is 35.2 Å². The maximum Gasteiger partial charge on any atom is 0.254 e. The number of hydrogen-bond acceptors (Lipinski definition) is 2. The molecule has 2 fully saturated rings. The maximum absolute atomic E-state index is 12.7. The number of nitrogens with zero attached hydrogens (tertiary/aromatic N) is 2. The number of fused-ring (bicyclic) bond motifs is 1. The van der Waals surface area contributed by atoms with Crippen LogP contribution in [0, 0.1) is 0 Å². The Hall–Kier alpha value is -0.580. The molecule has 0 aromatic heterocycles. The molecule has 1 amide bonds. The molecule has 1 aromatic rings. The predicted molar refractivity (Wildman–Crippen MR) is 84.2 cm³/mol. The normalized spacial score (nSPS) is 26.6. The van der Waals surface area contributed by atoms with E-state index in [1.807, 2.05) is 17.0 Å². The number of carbonyl (C=O) groups excluding carboxylic acids is 1. The quantitative estimate of drug-likeness (QED) is 0.769. The molecule has 0 radical (unpaired) electrons. The van der Waals surface area contributed by atoms with Crippen molar-refractivity contribution in [2.24, 2.45) is 0 Å². The van der Waals surface area contributed by atoms with Gasteiger partial charge in [0.2, 0.25) is 0 Å². The van der Waals surface area contributed by atoms with E-state index in [2.05, 4.69) is 27.8 Å². The van der Waals surface area contributed by atoms with Crippen molar-refractivity contribution >= 4 is 33.4 Å². The lowest BCUT2D eigenvalue weighted by Gasteiger charge is -2.42. The Kier molecular flexibility index (Phi) is 4.07. The number of piperazine rings is 1. The molecule has 2 atom stereocenters. The molecule has 2 aliphatic rings. The minimum Gasteiger partial charge on any atom is -0.333 e. The smallest absolute Gasteiger partial charge is 0.254 e. The summed E-state index contributed by atoms with van der Waals surface area (Å²) < 4.78 is 0.775. The van der Waals surface area contributed by atoms with E-state index >= 15 is 0 Å². The fourth-order valence-corrected chi connectivity index (χ4v) is 3.76.